The van der Waals surface area contributed by atoms with E-state index in [4.69, 9.17) is 21.3 Å². The number of carboxylic acids is 1. The number of hydrogen-bond donors (Lipinski definition) is 4. The molecule has 0 aliphatic carbocycles. The molecule has 0 saturated carbocycles. The summed E-state index contributed by atoms with van der Waals surface area (Å²) in [5.41, 5.74) is 13.0. The number of benzene rings is 3. The Morgan fingerprint density at radius 2 is 1.65 bits per heavy atom. The summed E-state index contributed by atoms with van der Waals surface area (Å²) >= 11 is 0. The molecule has 3 aromatic rings. The highest BCUT2D eigenvalue weighted by molar-refractivity contribution is 7.89. The number of nitrogens with two attached hydrogens (primary N) is 3. The summed E-state index contributed by atoms with van der Waals surface area (Å²) in [6.07, 6.45) is 0. The van der Waals surface area contributed by atoms with E-state index in [1.165, 1.54) is 42.5 Å². The van der Waals surface area contributed by atoms with Gasteiger partial charge in [-0.15, -0.1) is 0 Å². The van der Waals surface area contributed by atoms with Crippen molar-refractivity contribution in [2.75, 3.05) is 5.73 Å². The second-order valence-corrected chi connectivity index (χ2v) is 8.26. The van der Waals surface area contributed by atoms with Gasteiger partial charge in [-0.2, -0.15) is 0 Å². The minimum Gasteiger partial charge on any atom is -0.478 e. The van der Waals surface area contributed by atoms with Crippen molar-refractivity contribution in [3.05, 3.63) is 71.3 Å². The van der Waals surface area contributed by atoms with Crippen LogP contribution in [0.1, 0.15) is 26.3 Å². The number of aromatic carboxylic acids is 1. The van der Waals surface area contributed by atoms with Gasteiger partial charge in [0.2, 0.25) is 10.0 Å². The van der Waals surface area contributed by atoms with E-state index in [1.54, 1.807) is 19.1 Å². The summed E-state index contributed by atoms with van der Waals surface area (Å²) in [6.45, 7) is 1.60. The second kappa shape index (κ2) is 8.09. The van der Waals surface area contributed by atoms with E-state index in [-0.39, 0.29) is 33.2 Å². The van der Waals surface area contributed by atoms with E-state index in [0.717, 1.165) is 0 Å². The molecule has 3 rings (SSSR count). The van der Waals surface area contributed by atoms with Gasteiger partial charge in [0.05, 0.1) is 21.7 Å². The van der Waals surface area contributed by atoms with E-state index >= 15 is 0 Å². The van der Waals surface area contributed by atoms with Gasteiger partial charge in [0.25, 0.3) is 5.91 Å². The number of carbonyl (C=O) groups excluding carboxylic acids is 1. The largest absolute Gasteiger partial charge is 0.478 e. The highest BCUT2D eigenvalue weighted by atomic mass is 32.2. The van der Waals surface area contributed by atoms with E-state index in [0.29, 0.717) is 16.7 Å². The number of hydrogen-bond acceptors (Lipinski definition) is 6. The Morgan fingerprint density at radius 3 is 2.19 bits per heavy atom. The number of nitrogen functional groups attached to an aromatic ring is 1. The smallest absolute Gasteiger partial charge is 0.336 e. The molecule has 0 aliphatic rings. The maximum absolute atomic E-state index is 11.9. The molecule has 0 fully saturated rings. The molecule has 0 spiro atoms. The van der Waals surface area contributed by atoms with Crippen molar-refractivity contribution in [3.8, 4) is 22.6 Å². The maximum Gasteiger partial charge on any atom is 0.336 e. The zero-order valence-electron chi connectivity index (χ0n) is 16.3. The lowest BCUT2D eigenvalue weighted by Crippen LogP contribution is -2.14. The molecule has 31 heavy (non-hydrogen) atoms. The van der Waals surface area contributed by atoms with Gasteiger partial charge in [-0.25, -0.2) is 18.4 Å². The summed E-state index contributed by atoms with van der Waals surface area (Å²) in [4.78, 5) is 23.2. The number of ether oxygens (including phenoxy) is 1. The topological polar surface area (TPSA) is 176 Å². The van der Waals surface area contributed by atoms with E-state index in [1.807, 2.05) is 0 Å². The standard InChI is InChI=1S/C21H19N3O6S/c1-11-15(21(26)27)3-2-4-18(11)30-13-9-16(19(22)17(10-13)20(23)25)12-5-7-14(8-6-12)31(24,28)29/h2-10H,22H2,1H3,(H2,23,25)(H,26,27)(H2,24,28,29). The molecule has 0 heterocycles. The Bertz CT molecular complexity index is 1300. The normalized spacial score (nSPS) is 11.2. The lowest BCUT2D eigenvalue weighted by Gasteiger charge is -2.15. The van der Waals surface area contributed by atoms with Crippen LogP contribution in [0.15, 0.2) is 59.5 Å². The number of sulfonamides is 1. The molecular formula is C21H19N3O6S. The summed E-state index contributed by atoms with van der Waals surface area (Å²) in [5.74, 6) is -1.43. The third kappa shape index (κ3) is 4.49. The number of rotatable bonds is 6. The highest BCUT2D eigenvalue weighted by Crippen LogP contribution is 2.36. The lowest BCUT2D eigenvalue weighted by atomic mass is 9.99. The second-order valence-electron chi connectivity index (χ2n) is 6.70. The number of carboxylic acid groups (broad SMARTS) is 1. The molecule has 0 unspecified atom stereocenters. The molecule has 0 saturated heterocycles. The monoisotopic (exact) mass is 441 g/mol. The Morgan fingerprint density at radius 1 is 1.00 bits per heavy atom. The van der Waals surface area contributed by atoms with Crippen LogP contribution in [0.25, 0.3) is 11.1 Å². The molecule has 3 aromatic carbocycles. The summed E-state index contributed by atoms with van der Waals surface area (Å²) in [5, 5.41) is 14.4. The van der Waals surface area contributed by atoms with Crippen LogP contribution in [-0.2, 0) is 10.0 Å². The first-order chi connectivity index (χ1) is 14.5. The van der Waals surface area contributed by atoms with Crippen LogP contribution in [-0.4, -0.2) is 25.4 Å². The summed E-state index contributed by atoms with van der Waals surface area (Å²) < 4.78 is 28.8. The molecule has 160 valence electrons. The Labute approximate surface area is 178 Å². The van der Waals surface area contributed by atoms with Crippen molar-refractivity contribution in [2.24, 2.45) is 10.9 Å². The first-order valence-electron chi connectivity index (χ1n) is 8.86. The van der Waals surface area contributed by atoms with Gasteiger partial charge in [-0.1, -0.05) is 18.2 Å². The summed E-state index contributed by atoms with van der Waals surface area (Å²) in [7, 11) is -3.88. The Hall–Kier alpha value is -3.89. The Kier molecular flexibility index (Phi) is 5.69. The molecule has 0 radical (unpaired) electrons. The van der Waals surface area contributed by atoms with Crippen molar-refractivity contribution in [1.29, 1.82) is 0 Å². The van der Waals surface area contributed by atoms with Crippen LogP contribution in [0.4, 0.5) is 5.69 Å². The predicted octanol–water partition coefficient (Wildman–Crippen LogP) is 2.48. The number of primary amides is 1. The molecule has 0 aliphatic heterocycles. The van der Waals surface area contributed by atoms with Crippen molar-refractivity contribution in [2.45, 2.75) is 11.8 Å². The van der Waals surface area contributed by atoms with Crippen molar-refractivity contribution < 1.29 is 27.9 Å². The van der Waals surface area contributed by atoms with E-state index < -0.39 is 21.9 Å². The van der Waals surface area contributed by atoms with Crippen LogP contribution in [0.5, 0.6) is 11.5 Å². The minimum absolute atomic E-state index is 0.00457. The third-order valence-electron chi connectivity index (χ3n) is 4.66. The quantitative estimate of drug-likeness (QED) is 0.425. The van der Waals surface area contributed by atoms with Crippen LogP contribution in [0.2, 0.25) is 0 Å². The minimum atomic E-state index is -3.88. The zero-order chi connectivity index (χ0) is 22.9. The zero-order valence-corrected chi connectivity index (χ0v) is 17.1. The average molecular weight is 441 g/mol. The molecule has 10 heteroatoms. The maximum atomic E-state index is 11.9. The van der Waals surface area contributed by atoms with Gasteiger partial charge in [0.15, 0.2) is 0 Å². The van der Waals surface area contributed by atoms with Crippen molar-refractivity contribution in [3.63, 3.8) is 0 Å². The number of carbonyl (C=O) groups is 2. The predicted molar refractivity (Wildman–Crippen MR) is 114 cm³/mol. The number of primary sulfonamides is 1. The van der Waals surface area contributed by atoms with Crippen LogP contribution < -0.4 is 21.3 Å². The van der Waals surface area contributed by atoms with Crippen LogP contribution >= 0.6 is 0 Å². The van der Waals surface area contributed by atoms with Crippen molar-refractivity contribution in [1.82, 2.24) is 0 Å². The number of amides is 1. The first kappa shape index (κ1) is 21.8. The highest BCUT2D eigenvalue weighted by Gasteiger charge is 2.18. The van der Waals surface area contributed by atoms with Gasteiger partial charge in [-0.3, -0.25) is 4.79 Å². The molecular weight excluding hydrogens is 422 g/mol. The van der Waals surface area contributed by atoms with Crippen LogP contribution in [0.3, 0.4) is 0 Å². The van der Waals surface area contributed by atoms with Gasteiger partial charge in [-0.05, 0) is 48.9 Å². The van der Waals surface area contributed by atoms with Gasteiger partial charge in [0.1, 0.15) is 11.5 Å². The molecule has 9 nitrogen and oxygen atoms in total. The SMILES string of the molecule is Cc1c(Oc2cc(C(N)=O)c(N)c(-c3ccc(S(N)(=O)=O)cc3)c2)cccc1C(=O)O. The van der Waals surface area contributed by atoms with E-state index in [9.17, 15) is 23.1 Å². The fourth-order valence-corrected chi connectivity index (χ4v) is 3.55. The fraction of sp³-hybridized carbons (Fsp3) is 0.0476. The van der Waals surface area contributed by atoms with Gasteiger partial charge in [0, 0.05) is 11.1 Å². The number of anilines is 1. The van der Waals surface area contributed by atoms with Gasteiger partial charge >= 0.3 is 5.97 Å². The fourth-order valence-electron chi connectivity index (χ4n) is 3.04. The van der Waals surface area contributed by atoms with Gasteiger partial charge < -0.3 is 21.3 Å². The molecule has 0 bridgehead atoms. The van der Waals surface area contributed by atoms with Crippen molar-refractivity contribution >= 4 is 27.6 Å². The molecule has 7 N–H and O–H groups in total. The summed E-state index contributed by atoms with van der Waals surface area (Å²) in [6, 6.07) is 13.0. The molecule has 0 aromatic heterocycles. The average Bonchev–Trinajstić information content (AvgIpc) is 2.69. The first-order valence-corrected chi connectivity index (χ1v) is 10.4. The molecule has 0 atom stereocenters. The lowest BCUT2D eigenvalue weighted by molar-refractivity contribution is 0.0695. The third-order valence-corrected chi connectivity index (χ3v) is 5.58. The Balaban J connectivity index is 2.12. The van der Waals surface area contributed by atoms with Crippen LogP contribution in [0, 0.1) is 6.92 Å². The molecule has 1 amide bonds. The van der Waals surface area contributed by atoms with E-state index in [2.05, 4.69) is 0 Å².